The molecule has 512 valence electrons. The molecule has 0 aromatic carbocycles. The highest BCUT2D eigenvalue weighted by atomic mass is 31.2. The van der Waals surface area contributed by atoms with E-state index in [4.69, 9.17) is 13.8 Å². The van der Waals surface area contributed by atoms with Gasteiger partial charge in [0.15, 0.2) is 0 Å². The number of nitrogens with zero attached hydrogens (tertiary/aromatic N) is 1. The first-order valence-corrected chi connectivity index (χ1v) is 38.4. The van der Waals surface area contributed by atoms with Crippen LogP contribution < -0.4 is 5.32 Å². The Morgan fingerprint density at radius 2 is 0.719 bits per heavy atom. The number of phosphoric ester groups is 1. The van der Waals surface area contributed by atoms with Crippen LogP contribution >= 0.6 is 7.82 Å². The molecule has 0 bridgehead atoms. The first-order chi connectivity index (χ1) is 43.4. The van der Waals surface area contributed by atoms with Gasteiger partial charge < -0.3 is 19.4 Å². The SMILES string of the molecule is CC/C=C\C/C=C\C/C=C\C/C=C\C/C=C\CCCCCCCCCCCCCC(=O)NC(COP(=O)(O)OCC[N+](C)(C)C)C(/C=C\CCCCCCCCCCCCC)OC(=O)CCCCCCCCC/C=C\C/C=C\C/C=C\C/C=C\CCCCC. The summed E-state index contributed by atoms with van der Waals surface area (Å²) in [7, 11) is 1.48. The van der Waals surface area contributed by atoms with Crippen LogP contribution in [0.4, 0.5) is 0 Å². The number of quaternary nitrogens is 1. The molecule has 0 heterocycles. The maximum atomic E-state index is 13.7. The topological polar surface area (TPSA) is 111 Å². The molecular formula is C79H140N2O7P+. The highest BCUT2D eigenvalue weighted by molar-refractivity contribution is 7.47. The second-order valence-corrected chi connectivity index (χ2v) is 27.2. The van der Waals surface area contributed by atoms with Crippen LogP contribution in [-0.4, -0.2) is 74.3 Å². The molecular weight excluding hydrogens is 1120 g/mol. The summed E-state index contributed by atoms with van der Waals surface area (Å²) in [4.78, 5) is 38.0. The van der Waals surface area contributed by atoms with Gasteiger partial charge in [0.25, 0.3) is 0 Å². The fraction of sp³-hybridized carbons (Fsp3) is 0.722. The molecule has 0 aliphatic heterocycles. The summed E-state index contributed by atoms with van der Waals surface area (Å²) in [6, 6.07) is -0.864. The molecule has 9 nitrogen and oxygen atoms in total. The predicted molar refractivity (Wildman–Crippen MR) is 387 cm³/mol. The van der Waals surface area contributed by atoms with Crippen LogP contribution in [0.5, 0.6) is 0 Å². The number of carbonyl (C=O) groups is 2. The molecule has 3 unspecified atom stereocenters. The fourth-order valence-corrected chi connectivity index (χ4v) is 11.0. The van der Waals surface area contributed by atoms with Crippen molar-refractivity contribution < 1.29 is 37.3 Å². The van der Waals surface area contributed by atoms with E-state index in [1.807, 2.05) is 33.3 Å². The van der Waals surface area contributed by atoms with E-state index in [9.17, 15) is 19.0 Å². The number of allylic oxidation sites excluding steroid dienone is 19. The molecule has 0 rings (SSSR count). The summed E-state index contributed by atoms with van der Waals surface area (Å²) in [5, 5.41) is 3.07. The van der Waals surface area contributed by atoms with Gasteiger partial charge in [0.2, 0.25) is 5.91 Å². The summed E-state index contributed by atoms with van der Waals surface area (Å²) in [5.74, 6) is -0.520. The normalized spacial score (nSPS) is 14.2. The summed E-state index contributed by atoms with van der Waals surface area (Å²) in [6.07, 6.45) is 94.9. The number of likely N-dealkylation sites (N-methyl/N-ethyl adjacent to an activating group) is 1. The average Bonchev–Trinajstić information content (AvgIpc) is 3.65. The van der Waals surface area contributed by atoms with Gasteiger partial charge in [-0.25, -0.2) is 4.57 Å². The third-order valence-corrected chi connectivity index (χ3v) is 16.9. The van der Waals surface area contributed by atoms with Crippen molar-refractivity contribution in [2.75, 3.05) is 40.9 Å². The van der Waals surface area contributed by atoms with Crippen molar-refractivity contribution in [3.63, 3.8) is 0 Å². The quantitative estimate of drug-likeness (QED) is 0.0205. The summed E-state index contributed by atoms with van der Waals surface area (Å²) < 4.78 is 30.9. The van der Waals surface area contributed by atoms with Crippen LogP contribution in [0.15, 0.2) is 122 Å². The third kappa shape index (κ3) is 68.6. The van der Waals surface area contributed by atoms with Crippen LogP contribution in [0, 0.1) is 0 Å². The van der Waals surface area contributed by atoms with Gasteiger partial charge in [0.05, 0.1) is 33.8 Å². The fourth-order valence-electron chi connectivity index (χ4n) is 10.2. The van der Waals surface area contributed by atoms with Crippen molar-refractivity contribution in [2.24, 2.45) is 0 Å². The zero-order chi connectivity index (χ0) is 64.9. The van der Waals surface area contributed by atoms with Crippen molar-refractivity contribution in [3.05, 3.63) is 122 Å². The Kier molecular flexibility index (Phi) is 64.6. The second kappa shape index (κ2) is 67.3. The van der Waals surface area contributed by atoms with Gasteiger partial charge in [-0.3, -0.25) is 18.6 Å². The number of esters is 1. The van der Waals surface area contributed by atoms with Gasteiger partial charge in [-0.05, 0) is 122 Å². The van der Waals surface area contributed by atoms with E-state index in [0.717, 1.165) is 135 Å². The highest BCUT2D eigenvalue weighted by Gasteiger charge is 2.30. The number of hydrogen-bond donors (Lipinski definition) is 2. The molecule has 0 aliphatic carbocycles. The molecule has 0 spiro atoms. The third-order valence-electron chi connectivity index (χ3n) is 15.9. The van der Waals surface area contributed by atoms with E-state index in [1.54, 1.807) is 0 Å². The molecule has 2 N–H and O–H groups in total. The molecule has 0 aromatic rings. The zero-order valence-corrected chi connectivity index (χ0v) is 59.5. The van der Waals surface area contributed by atoms with E-state index in [1.165, 1.54) is 148 Å². The van der Waals surface area contributed by atoms with Gasteiger partial charge in [-0.2, -0.15) is 0 Å². The van der Waals surface area contributed by atoms with Gasteiger partial charge in [-0.15, -0.1) is 0 Å². The molecule has 0 saturated carbocycles. The molecule has 0 aromatic heterocycles. The lowest BCUT2D eigenvalue weighted by Crippen LogP contribution is -2.47. The Morgan fingerprint density at radius 1 is 0.404 bits per heavy atom. The number of nitrogens with one attached hydrogen (secondary N) is 1. The number of phosphoric acid groups is 1. The zero-order valence-electron chi connectivity index (χ0n) is 58.6. The maximum Gasteiger partial charge on any atom is 0.472 e. The standard InChI is InChI=1S/C79H139N2O7P/c1-7-10-13-16-19-22-25-28-30-32-34-36-38-39-40-41-43-44-46-48-50-53-56-59-62-65-68-71-78(82)80-76(75-87-89(84,85)86-74-73-81(4,5)6)77(70-67-64-61-58-55-52-27-24-21-18-15-12-9-3)88-79(83)72-69-66-63-60-57-54-51-49-47-45-42-37-35-33-31-29-26-23-20-17-14-11-8-2/h10,13,19-20,22-23,28-31,34-37,39-40,45,47,67,70,76-77H,7-9,11-12,14-18,21,24-27,32-33,38,41-44,46,48-66,68-69,71-75H2,1-6H3,(H-,80,82,84,85)/p+1/b13-10-,22-19-,23-20-,30-28-,31-29-,36-34-,37-35-,40-39-,47-45-,70-67-. The molecule has 1 amide bonds. The van der Waals surface area contributed by atoms with Crippen molar-refractivity contribution in [1.82, 2.24) is 5.32 Å². The largest absolute Gasteiger partial charge is 0.472 e. The van der Waals surface area contributed by atoms with Gasteiger partial charge >= 0.3 is 13.8 Å². The van der Waals surface area contributed by atoms with Crippen molar-refractivity contribution >= 4 is 19.7 Å². The predicted octanol–water partition coefficient (Wildman–Crippen LogP) is 23.8. The summed E-state index contributed by atoms with van der Waals surface area (Å²) >= 11 is 0. The minimum Gasteiger partial charge on any atom is -0.456 e. The summed E-state index contributed by atoms with van der Waals surface area (Å²) in [5.41, 5.74) is 0. The van der Waals surface area contributed by atoms with Gasteiger partial charge in [0.1, 0.15) is 19.3 Å². The molecule has 0 radical (unpaired) electrons. The van der Waals surface area contributed by atoms with Crippen molar-refractivity contribution in [3.8, 4) is 0 Å². The lowest BCUT2D eigenvalue weighted by atomic mass is 10.0. The Labute approximate surface area is 550 Å². The second-order valence-electron chi connectivity index (χ2n) is 25.7. The van der Waals surface area contributed by atoms with E-state index in [0.29, 0.717) is 17.4 Å². The summed E-state index contributed by atoms with van der Waals surface area (Å²) in [6.45, 7) is 6.88. The average molecular weight is 1260 g/mol. The Hall–Kier alpha value is -3.59. The molecule has 89 heavy (non-hydrogen) atoms. The van der Waals surface area contributed by atoms with Crippen LogP contribution in [0.2, 0.25) is 0 Å². The van der Waals surface area contributed by atoms with Crippen LogP contribution in [0.3, 0.4) is 0 Å². The van der Waals surface area contributed by atoms with Crippen LogP contribution in [-0.2, 0) is 27.9 Å². The number of carbonyl (C=O) groups excluding carboxylic acids is 2. The maximum absolute atomic E-state index is 13.7. The monoisotopic (exact) mass is 1260 g/mol. The van der Waals surface area contributed by atoms with E-state index < -0.39 is 20.0 Å². The van der Waals surface area contributed by atoms with E-state index in [2.05, 4.69) is 135 Å². The number of amides is 1. The highest BCUT2D eigenvalue weighted by Crippen LogP contribution is 2.43. The van der Waals surface area contributed by atoms with Crippen molar-refractivity contribution in [1.29, 1.82) is 0 Å². The first kappa shape index (κ1) is 85.4. The minimum atomic E-state index is -4.47. The number of rotatable bonds is 66. The van der Waals surface area contributed by atoms with Crippen LogP contribution in [0.1, 0.15) is 316 Å². The number of ether oxygens (including phenoxy) is 1. The van der Waals surface area contributed by atoms with Gasteiger partial charge in [-0.1, -0.05) is 303 Å². The Balaban J connectivity index is 5.10. The minimum absolute atomic E-state index is 0.0324. The molecule has 0 fully saturated rings. The molecule has 3 atom stereocenters. The van der Waals surface area contributed by atoms with Crippen LogP contribution in [0.25, 0.3) is 0 Å². The van der Waals surface area contributed by atoms with Gasteiger partial charge in [0, 0.05) is 12.8 Å². The van der Waals surface area contributed by atoms with E-state index in [-0.39, 0.29) is 31.5 Å². The molecule has 10 heteroatoms. The molecule has 0 aliphatic rings. The lowest BCUT2D eigenvalue weighted by Gasteiger charge is -2.27. The number of unbranched alkanes of at least 4 members (excludes halogenated alkanes) is 32. The van der Waals surface area contributed by atoms with Crippen molar-refractivity contribution in [2.45, 2.75) is 328 Å². The first-order valence-electron chi connectivity index (χ1n) is 36.9. The molecule has 0 saturated heterocycles. The van der Waals surface area contributed by atoms with E-state index >= 15 is 0 Å². The number of hydrogen-bond acceptors (Lipinski definition) is 6. The smallest absolute Gasteiger partial charge is 0.456 e. The Bertz CT molecular complexity index is 1940. The Morgan fingerprint density at radius 3 is 1.10 bits per heavy atom. The lowest BCUT2D eigenvalue weighted by molar-refractivity contribution is -0.870.